The van der Waals surface area contributed by atoms with E-state index < -0.39 is 0 Å². The van der Waals surface area contributed by atoms with Crippen molar-refractivity contribution in [1.82, 2.24) is 19.5 Å². The lowest BCUT2D eigenvalue weighted by Crippen LogP contribution is -2.29. The molecule has 210 valence electrons. The smallest absolute Gasteiger partial charge is 0.262 e. The van der Waals surface area contributed by atoms with Gasteiger partial charge in [-0.25, -0.2) is 9.97 Å². The minimum atomic E-state index is -0.311. The number of fused-ring (bicyclic) bond motifs is 2. The number of nitrogens with one attached hydrogen (secondary N) is 2. The lowest BCUT2D eigenvalue weighted by atomic mass is 9.95. The number of imidazole rings is 1. The molecule has 0 radical (unpaired) electrons. The van der Waals surface area contributed by atoms with Crippen LogP contribution in [-0.2, 0) is 5.75 Å². The number of H-pyrrole nitrogens is 1. The number of carbonyl (C=O) groups excluding carboxylic acids is 1. The van der Waals surface area contributed by atoms with Crippen molar-refractivity contribution in [1.29, 1.82) is 0 Å². The zero-order valence-electron chi connectivity index (χ0n) is 23.0. The Balaban J connectivity index is 1.33. The molecular formula is C31H31N5O4S. The van der Waals surface area contributed by atoms with Crippen LogP contribution < -0.4 is 20.3 Å². The molecule has 0 atom stereocenters. The van der Waals surface area contributed by atoms with Crippen LogP contribution in [-0.4, -0.2) is 39.6 Å². The Morgan fingerprint density at radius 2 is 1.78 bits per heavy atom. The number of amides is 1. The highest BCUT2D eigenvalue weighted by molar-refractivity contribution is 7.98. The number of rotatable bonds is 8. The summed E-state index contributed by atoms with van der Waals surface area (Å²) in [6.07, 6.45) is 5.29. The second-order valence-corrected chi connectivity index (χ2v) is 11.0. The van der Waals surface area contributed by atoms with Crippen LogP contribution >= 0.6 is 11.8 Å². The average molecular weight is 570 g/mol. The van der Waals surface area contributed by atoms with Crippen molar-refractivity contribution in [2.45, 2.75) is 49.1 Å². The van der Waals surface area contributed by atoms with Crippen LogP contribution in [0.5, 0.6) is 11.5 Å². The average Bonchev–Trinajstić information content (AvgIpc) is 3.43. The van der Waals surface area contributed by atoms with Gasteiger partial charge in [0.05, 0.1) is 41.9 Å². The molecule has 1 aliphatic carbocycles. The third-order valence-corrected chi connectivity index (χ3v) is 8.45. The van der Waals surface area contributed by atoms with Crippen molar-refractivity contribution in [3.8, 4) is 11.5 Å². The summed E-state index contributed by atoms with van der Waals surface area (Å²) < 4.78 is 12.5. The number of aromatic amines is 1. The van der Waals surface area contributed by atoms with Gasteiger partial charge in [0.1, 0.15) is 5.82 Å². The quantitative estimate of drug-likeness (QED) is 0.166. The van der Waals surface area contributed by atoms with E-state index >= 15 is 0 Å². The zero-order valence-corrected chi connectivity index (χ0v) is 23.8. The topological polar surface area (TPSA) is 111 Å². The van der Waals surface area contributed by atoms with E-state index in [-0.39, 0.29) is 17.5 Å². The Labute approximate surface area is 241 Å². The Bertz CT molecular complexity index is 1760. The lowest BCUT2D eigenvalue weighted by Gasteiger charge is -2.26. The Morgan fingerprint density at radius 3 is 2.56 bits per heavy atom. The molecule has 2 aromatic heterocycles. The molecule has 6 rings (SSSR count). The minimum absolute atomic E-state index is 0.0687. The molecule has 0 saturated heterocycles. The van der Waals surface area contributed by atoms with Gasteiger partial charge in [0.25, 0.3) is 11.5 Å². The van der Waals surface area contributed by atoms with Gasteiger partial charge in [0.2, 0.25) is 0 Å². The van der Waals surface area contributed by atoms with Gasteiger partial charge in [-0.3, -0.25) is 14.2 Å². The summed E-state index contributed by atoms with van der Waals surface area (Å²) >= 11 is 1.49. The van der Waals surface area contributed by atoms with Crippen molar-refractivity contribution < 1.29 is 14.3 Å². The fourth-order valence-electron chi connectivity index (χ4n) is 5.41. The van der Waals surface area contributed by atoms with Crippen molar-refractivity contribution in [2.75, 3.05) is 19.5 Å². The molecule has 41 heavy (non-hydrogen) atoms. The molecule has 3 aromatic carbocycles. The molecule has 1 fully saturated rings. The van der Waals surface area contributed by atoms with E-state index in [0.29, 0.717) is 44.6 Å². The van der Waals surface area contributed by atoms with Crippen LogP contribution in [0.1, 0.15) is 54.3 Å². The molecule has 9 nitrogen and oxygen atoms in total. The van der Waals surface area contributed by atoms with Crippen molar-refractivity contribution in [3.05, 3.63) is 82.4 Å². The van der Waals surface area contributed by atoms with E-state index in [9.17, 15) is 9.59 Å². The predicted molar refractivity (Wildman–Crippen MR) is 161 cm³/mol. The number of benzene rings is 3. The summed E-state index contributed by atoms with van der Waals surface area (Å²) in [5.41, 5.74) is 3.28. The summed E-state index contributed by atoms with van der Waals surface area (Å²) in [5.74, 6) is 2.14. The van der Waals surface area contributed by atoms with Gasteiger partial charge >= 0.3 is 0 Å². The van der Waals surface area contributed by atoms with Crippen molar-refractivity contribution >= 4 is 45.3 Å². The van der Waals surface area contributed by atoms with Gasteiger partial charge in [-0.1, -0.05) is 43.2 Å². The molecule has 1 amide bonds. The first-order chi connectivity index (χ1) is 20.0. The third kappa shape index (κ3) is 5.52. The monoisotopic (exact) mass is 569 g/mol. The molecule has 2 N–H and O–H groups in total. The number of para-hydroxylation sites is 2. The maximum Gasteiger partial charge on any atom is 0.262 e. The Morgan fingerprint density at radius 1 is 0.976 bits per heavy atom. The van der Waals surface area contributed by atoms with E-state index in [1.165, 1.54) is 18.2 Å². The Kier molecular flexibility index (Phi) is 7.65. The second-order valence-electron chi connectivity index (χ2n) is 10.1. The highest BCUT2D eigenvalue weighted by Gasteiger charge is 2.23. The maximum absolute atomic E-state index is 13.9. The van der Waals surface area contributed by atoms with Gasteiger partial charge < -0.3 is 19.8 Å². The summed E-state index contributed by atoms with van der Waals surface area (Å²) in [7, 11) is 3.10. The summed E-state index contributed by atoms with van der Waals surface area (Å²) in [4.78, 5) is 40.0. The normalized spacial score (nSPS) is 13.9. The van der Waals surface area contributed by atoms with E-state index in [0.717, 1.165) is 42.5 Å². The largest absolute Gasteiger partial charge is 0.493 e. The van der Waals surface area contributed by atoms with Gasteiger partial charge in [0, 0.05) is 23.4 Å². The lowest BCUT2D eigenvalue weighted by molar-refractivity contribution is 0.102. The molecule has 0 spiro atoms. The minimum Gasteiger partial charge on any atom is -0.493 e. The molecule has 0 unspecified atom stereocenters. The van der Waals surface area contributed by atoms with Crippen LogP contribution in [0.2, 0.25) is 0 Å². The molecule has 1 saturated carbocycles. The van der Waals surface area contributed by atoms with Gasteiger partial charge in [-0.05, 0) is 55.3 Å². The number of hydrogen-bond donors (Lipinski definition) is 2. The number of methoxy groups -OCH3 is 2. The molecule has 10 heteroatoms. The fraction of sp³-hybridized carbons (Fsp3) is 0.290. The summed E-state index contributed by atoms with van der Waals surface area (Å²) in [5, 5.41) is 4.05. The van der Waals surface area contributed by atoms with Crippen LogP contribution in [0.3, 0.4) is 0 Å². The third-order valence-electron chi connectivity index (χ3n) is 7.49. The molecular weight excluding hydrogens is 538 g/mol. The first-order valence-corrected chi connectivity index (χ1v) is 14.7. The number of ether oxygens (including phenoxy) is 2. The summed E-state index contributed by atoms with van der Waals surface area (Å²) in [6, 6.07) is 18.3. The SMILES string of the molecule is COc1ccc(NC(=O)c2ccc3c(=O)n(C4CCCCC4)c(SCc4nc5ccccc5[nH]4)nc3c2)cc1OC. The number of carbonyl (C=O) groups is 1. The van der Waals surface area contributed by atoms with E-state index in [1.54, 1.807) is 50.6 Å². The van der Waals surface area contributed by atoms with Crippen molar-refractivity contribution in [2.24, 2.45) is 0 Å². The standard InChI is InChI=1S/C31H31N5O4S/c1-39-26-15-13-20(17-27(26)40-2)32-29(37)19-12-14-22-25(16-19)35-31(36(30(22)38)21-8-4-3-5-9-21)41-18-28-33-23-10-6-7-11-24(23)34-28/h6-7,10-17,21H,3-5,8-9,18H2,1-2H3,(H,32,37)(H,33,34). The first-order valence-electron chi connectivity index (χ1n) is 13.7. The van der Waals surface area contributed by atoms with Crippen LogP contribution in [0.4, 0.5) is 5.69 Å². The second kappa shape index (κ2) is 11.7. The maximum atomic E-state index is 13.9. The number of aromatic nitrogens is 4. The van der Waals surface area contributed by atoms with E-state index in [2.05, 4.69) is 10.3 Å². The number of thioether (sulfide) groups is 1. The van der Waals surface area contributed by atoms with Crippen LogP contribution in [0.15, 0.2) is 70.6 Å². The number of hydrogen-bond acceptors (Lipinski definition) is 7. The zero-order chi connectivity index (χ0) is 28.3. The highest BCUT2D eigenvalue weighted by atomic mass is 32.2. The predicted octanol–water partition coefficient (Wildman–Crippen LogP) is 6.34. The van der Waals surface area contributed by atoms with Crippen molar-refractivity contribution in [3.63, 3.8) is 0 Å². The van der Waals surface area contributed by atoms with Gasteiger partial charge in [-0.15, -0.1) is 0 Å². The number of anilines is 1. The first kappa shape index (κ1) is 26.9. The van der Waals surface area contributed by atoms with E-state index in [4.69, 9.17) is 19.4 Å². The molecule has 0 bridgehead atoms. The highest BCUT2D eigenvalue weighted by Crippen LogP contribution is 2.33. The Hall–Kier alpha value is -4.31. The molecule has 2 heterocycles. The summed E-state index contributed by atoms with van der Waals surface area (Å²) in [6.45, 7) is 0. The van der Waals surface area contributed by atoms with Crippen LogP contribution in [0, 0.1) is 0 Å². The fourth-order valence-corrected chi connectivity index (χ4v) is 6.34. The van der Waals surface area contributed by atoms with Crippen LogP contribution in [0.25, 0.3) is 21.9 Å². The molecule has 5 aromatic rings. The molecule has 0 aliphatic heterocycles. The molecule has 1 aliphatic rings. The van der Waals surface area contributed by atoms with Gasteiger partial charge in [-0.2, -0.15) is 0 Å². The number of nitrogens with zero attached hydrogens (tertiary/aromatic N) is 3. The van der Waals surface area contributed by atoms with Gasteiger partial charge in [0.15, 0.2) is 16.7 Å². The van der Waals surface area contributed by atoms with E-state index in [1.807, 2.05) is 28.8 Å².